The minimum atomic E-state index is -0.568. The number of nitriles is 1. The highest BCUT2D eigenvalue weighted by Crippen LogP contribution is 2.29. The van der Waals surface area contributed by atoms with E-state index in [0.29, 0.717) is 12.0 Å². The zero-order valence-corrected chi connectivity index (χ0v) is 16.8. The highest BCUT2D eigenvalue weighted by atomic mass is 16.3. The Morgan fingerprint density at radius 3 is 2.26 bits per heavy atom. The molecule has 0 amide bonds. The quantitative estimate of drug-likeness (QED) is 0.821. The van der Waals surface area contributed by atoms with Crippen LogP contribution in [0.1, 0.15) is 79.7 Å². The molecule has 5 nitrogen and oxygen atoms in total. The summed E-state index contributed by atoms with van der Waals surface area (Å²) in [4.78, 5) is 25.7. The Morgan fingerprint density at radius 1 is 1.26 bits per heavy atom. The molecular formula is C22H26N2O3. The first kappa shape index (κ1) is 20.4. The third-order valence-electron chi connectivity index (χ3n) is 5.02. The molecule has 0 aliphatic rings. The van der Waals surface area contributed by atoms with Crippen LogP contribution in [0.4, 0.5) is 0 Å². The van der Waals surface area contributed by atoms with Crippen LogP contribution in [0, 0.1) is 18.3 Å². The average molecular weight is 366 g/mol. The summed E-state index contributed by atoms with van der Waals surface area (Å²) >= 11 is 0. The fourth-order valence-corrected chi connectivity index (χ4v) is 3.05. The van der Waals surface area contributed by atoms with E-state index in [0.717, 1.165) is 10.1 Å². The summed E-state index contributed by atoms with van der Waals surface area (Å²) in [6, 6.07) is 8.75. The van der Waals surface area contributed by atoms with E-state index < -0.39 is 11.3 Å². The van der Waals surface area contributed by atoms with Crippen molar-refractivity contribution in [2.75, 3.05) is 0 Å². The van der Waals surface area contributed by atoms with Crippen LogP contribution >= 0.6 is 0 Å². The minimum Gasteiger partial charge on any atom is -0.494 e. The van der Waals surface area contributed by atoms with Gasteiger partial charge in [0, 0.05) is 11.6 Å². The molecule has 1 aromatic heterocycles. The van der Waals surface area contributed by atoms with Gasteiger partial charge in [0.05, 0.1) is 5.56 Å². The molecule has 1 atom stereocenters. The van der Waals surface area contributed by atoms with Gasteiger partial charge >= 0.3 is 0 Å². The number of aromatic hydroxyl groups is 1. The van der Waals surface area contributed by atoms with Gasteiger partial charge in [-0.1, -0.05) is 52.0 Å². The van der Waals surface area contributed by atoms with Gasteiger partial charge in [0.1, 0.15) is 11.6 Å². The van der Waals surface area contributed by atoms with Gasteiger partial charge < -0.3 is 5.11 Å². The van der Waals surface area contributed by atoms with Crippen molar-refractivity contribution < 1.29 is 9.90 Å². The first-order chi connectivity index (χ1) is 12.5. The SMILES string of the molecule is CCC(C)n1c(O)c(C(=O)c2ccc(C(C)(C)C)cc2)c(C)c(C#N)c1=O. The van der Waals surface area contributed by atoms with E-state index in [2.05, 4.69) is 20.8 Å². The first-order valence-corrected chi connectivity index (χ1v) is 9.07. The van der Waals surface area contributed by atoms with E-state index >= 15 is 0 Å². The number of carbonyl (C=O) groups excluding carboxylic acids is 1. The molecule has 0 fully saturated rings. The van der Waals surface area contributed by atoms with Crippen molar-refractivity contribution in [3.8, 4) is 11.9 Å². The van der Waals surface area contributed by atoms with Crippen LogP contribution in [-0.2, 0) is 5.41 Å². The van der Waals surface area contributed by atoms with E-state index in [9.17, 15) is 20.0 Å². The molecule has 2 aromatic rings. The van der Waals surface area contributed by atoms with Gasteiger partial charge in [-0.25, -0.2) is 0 Å². The lowest BCUT2D eigenvalue weighted by Crippen LogP contribution is -2.28. The summed E-state index contributed by atoms with van der Waals surface area (Å²) in [5.41, 5.74) is 0.989. The first-order valence-electron chi connectivity index (χ1n) is 9.07. The molecule has 1 heterocycles. The Balaban J connectivity index is 2.69. The summed E-state index contributed by atoms with van der Waals surface area (Å²) in [5.74, 6) is -0.783. The number of hydrogen-bond donors (Lipinski definition) is 1. The van der Waals surface area contributed by atoms with E-state index in [1.54, 1.807) is 19.1 Å². The summed E-state index contributed by atoms with van der Waals surface area (Å²) in [7, 11) is 0. The monoisotopic (exact) mass is 366 g/mol. The summed E-state index contributed by atoms with van der Waals surface area (Å²) in [6.07, 6.45) is 0.579. The highest BCUT2D eigenvalue weighted by molar-refractivity contribution is 6.11. The maximum absolute atomic E-state index is 13.1. The largest absolute Gasteiger partial charge is 0.494 e. The second-order valence-corrected chi connectivity index (χ2v) is 7.90. The second kappa shape index (κ2) is 7.40. The number of nitrogens with zero attached hydrogens (tertiary/aromatic N) is 2. The number of aromatic nitrogens is 1. The van der Waals surface area contributed by atoms with Crippen LogP contribution in [-0.4, -0.2) is 15.5 Å². The molecule has 142 valence electrons. The zero-order chi connectivity index (χ0) is 20.5. The van der Waals surface area contributed by atoms with Crippen molar-refractivity contribution in [2.24, 2.45) is 0 Å². The molecule has 0 saturated heterocycles. The maximum Gasteiger partial charge on any atom is 0.271 e. The lowest BCUT2D eigenvalue weighted by atomic mass is 9.86. The third kappa shape index (κ3) is 3.66. The predicted molar refractivity (Wildman–Crippen MR) is 105 cm³/mol. The maximum atomic E-state index is 13.1. The standard InChI is InChI=1S/C22H26N2O3/c1-7-13(2)24-20(26)17(12-23)14(3)18(21(24)27)19(25)15-8-10-16(11-9-15)22(4,5)6/h8-11,13,27H,7H2,1-6H3. The number of pyridine rings is 1. The summed E-state index contributed by atoms with van der Waals surface area (Å²) in [5, 5.41) is 20.1. The molecule has 0 saturated carbocycles. The Labute approximate surface area is 159 Å². The summed E-state index contributed by atoms with van der Waals surface area (Å²) in [6.45, 7) is 11.4. The molecule has 0 radical (unpaired) electrons. The normalized spacial score (nSPS) is 12.5. The van der Waals surface area contributed by atoms with Crippen LogP contribution < -0.4 is 5.56 Å². The average Bonchev–Trinajstić information content (AvgIpc) is 2.61. The van der Waals surface area contributed by atoms with Crippen molar-refractivity contribution in [2.45, 2.75) is 59.4 Å². The molecule has 0 spiro atoms. The lowest BCUT2D eigenvalue weighted by Gasteiger charge is -2.20. The Morgan fingerprint density at radius 2 is 1.81 bits per heavy atom. The minimum absolute atomic E-state index is 0.00922. The van der Waals surface area contributed by atoms with Crippen molar-refractivity contribution in [1.82, 2.24) is 4.57 Å². The van der Waals surface area contributed by atoms with Crippen LogP contribution in [0.2, 0.25) is 0 Å². The van der Waals surface area contributed by atoms with Gasteiger partial charge in [-0.3, -0.25) is 14.2 Å². The van der Waals surface area contributed by atoms with E-state index in [-0.39, 0.29) is 34.0 Å². The third-order valence-corrected chi connectivity index (χ3v) is 5.02. The fraction of sp³-hybridized carbons (Fsp3) is 0.409. The molecule has 27 heavy (non-hydrogen) atoms. The van der Waals surface area contributed by atoms with Gasteiger partial charge in [0.2, 0.25) is 5.88 Å². The molecule has 2 rings (SSSR count). The van der Waals surface area contributed by atoms with Crippen LogP contribution in [0.3, 0.4) is 0 Å². The fourth-order valence-electron chi connectivity index (χ4n) is 3.05. The number of ketones is 1. The van der Waals surface area contributed by atoms with Crippen molar-refractivity contribution in [3.05, 3.63) is 62.4 Å². The van der Waals surface area contributed by atoms with Crippen molar-refractivity contribution in [1.29, 1.82) is 5.26 Å². The van der Waals surface area contributed by atoms with Crippen molar-refractivity contribution >= 4 is 5.78 Å². The van der Waals surface area contributed by atoms with Crippen LogP contribution in [0.25, 0.3) is 0 Å². The van der Waals surface area contributed by atoms with Crippen LogP contribution in [0.15, 0.2) is 29.1 Å². The van der Waals surface area contributed by atoms with Gasteiger partial charge in [-0.15, -0.1) is 0 Å². The molecule has 1 aromatic carbocycles. The second-order valence-electron chi connectivity index (χ2n) is 7.90. The Hall–Kier alpha value is -2.87. The van der Waals surface area contributed by atoms with Crippen LogP contribution in [0.5, 0.6) is 5.88 Å². The molecular weight excluding hydrogens is 340 g/mol. The molecule has 1 N–H and O–H groups in total. The smallest absolute Gasteiger partial charge is 0.271 e. The van der Waals surface area contributed by atoms with E-state index in [4.69, 9.17) is 0 Å². The molecule has 0 aliphatic carbocycles. The van der Waals surface area contributed by atoms with E-state index in [1.807, 2.05) is 25.1 Å². The van der Waals surface area contributed by atoms with Crippen molar-refractivity contribution in [3.63, 3.8) is 0 Å². The molecule has 0 bridgehead atoms. The predicted octanol–water partition coefficient (Wildman–Crippen LogP) is 4.23. The highest BCUT2D eigenvalue weighted by Gasteiger charge is 2.26. The Kier molecular flexibility index (Phi) is 5.60. The van der Waals surface area contributed by atoms with Gasteiger partial charge in [-0.05, 0) is 36.8 Å². The Bertz CT molecular complexity index is 971. The lowest BCUT2D eigenvalue weighted by molar-refractivity contribution is 0.103. The van der Waals surface area contributed by atoms with E-state index in [1.165, 1.54) is 6.92 Å². The van der Waals surface area contributed by atoms with Gasteiger partial charge in [0.15, 0.2) is 5.78 Å². The molecule has 1 unspecified atom stereocenters. The topological polar surface area (TPSA) is 83.1 Å². The molecule has 5 heteroatoms. The number of benzene rings is 1. The zero-order valence-electron chi connectivity index (χ0n) is 16.8. The number of hydrogen-bond acceptors (Lipinski definition) is 4. The van der Waals surface area contributed by atoms with Gasteiger partial charge in [-0.2, -0.15) is 5.26 Å². The van der Waals surface area contributed by atoms with Gasteiger partial charge in [0.25, 0.3) is 5.56 Å². The number of rotatable bonds is 4. The summed E-state index contributed by atoms with van der Waals surface area (Å²) < 4.78 is 1.14. The number of carbonyl (C=O) groups is 1. The molecule has 0 aliphatic heterocycles.